The van der Waals surface area contributed by atoms with Gasteiger partial charge in [0.1, 0.15) is 6.04 Å². The summed E-state index contributed by atoms with van der Waals surface area (Å²) in [6.07, 6.45) is 5.45. The van der Waals surface area contributed by atoms with Crippen molar-refractivity contribution < 1.29 is 9.21 Å². The van der Waals surface area contributed by atoms with Crippen LogP contribution >= 0.6 is 0 Å². The van der Waals surface area contributed by atoms with Gasteiger partial charge in [-0.15, -0.1) is 0 Å². The molecule has 1 unspecified atom stereocenters. The molecule has 3 rings (SSSR count). The standard InChI is InChI=1S/C17H23N3O2/c1-17(2,3)18-11-15(21)20-9-8-19-7-4-5-14(19)16(20)13-6-10-22-12-13/h4-7,10,12,16,18H,8-9,11H2,1-3H3. The van der Waals surface area contributed by atoms with Gasteiger partial charge in [-0.3, -0.25) is 4.79 Å². The zero-order chi connectivity index (χ0) is 15.7. The van der Waals surface area contributed by atoms with Crippen molar-refractivity contribution in [2.24, 2.45) is 0 Å². The number of hydrogen-bond donors (Lipinski definition) is 1. The minimum absolute atomic E-state index is 0.0724. The second kappa shape index (κ2) is 5.65. The monoisotopic (exact) mass is 301 g/mol. The Hall–Kier alpha value is -2.01. The number of fused-ring (bicyclic) bond motifs is 1. The van der Waals surface area contributed by atoms with Crippen molar-refractivity contribution in [3.05, 3.63) is 48.2 Å². The number of furan rings is 1. The largest absolute Gasteiger partial charge is 0.472 e. The second-order valence-corrected chi connectivity index (χ2v) is 6.78. The van der Waals surface area contributed by atoms with Crippen LogP contribution in [0.2, 0.25) is 0 Å². The van der Waals surface area contributed by atoms with Crippen molar-refractivity contribution in [1.29, 1.82) is 0 Å². The lowest BCUT2D eigenvalue weighted by Gasteiger charge is -2.37. The van der Waals surface area contributed by atoms with E-state index < -0.39 is 0 Å². The predicted molar refractivity (Wildman–Crippen MR) is 84.5 cm³/mol. The maximum atomic E-state index is 12.7. The zero-order valence-electron chi connectivity index (χ0n) is 13.4. The minimum atomic E-state index is -0.0726. The average Bonchev–Trinajstić information content (AvgIpc) is 3.13. The first-order chi connectivity index (χ1) is 10.5. The number of amides is 1. The Bertz CT molecular complexity index is 637. The van der Waals surface area contributed by atoms with Gasteiger partial charge in [0.2, 0.25) is 5.91 Å². The third-order valence-corrected chi connectivity index (χ3v) is 3.99. The van der Waals surface area contributed by atoms with E-state index in [2.05, 4.69) is 42.9 Å². The number of carbonyl (C=O) groups excluding carboxylic acids is 1. The van der Waals surface area contributed by atoms with Crippen molar-refractivity contribution in [2.45, 2.75) is 38.9 Å². The maximum absolute atomic E-state index is 12.7. The molecule has 0 spiro atoms. The Balaban J connectivity index is 1.85. The molecule has 5 heteroatoms. The summed E-state index contributed by atoms with van der Waals surface area (Å²) in [6, 6.07) is 5.97. The lowest BCUT2D eigenvalue weighted by atomic mass is 10.0. The van der Waals surface area contributed by atoms with Crippen molar-refractivity contribution >= 4 is 5.91 Å². The number of nitrogens with one attached hydrogen (secondary N) is 1. The summed E-state index contributed by atoms with van der Waals surface area (Å²) in [5.74, 6) is 0.119. The van der Waals surface area contributed by atoms with Gasteiger partial charge in [0.05, 0.1) is 19.1 Å². The molecule has 1 aliphatic heterocycles. The summed E-state index contributed by atoms with van der Waals surface area (Å²) in [6.45, 7) is 8.08. The van der Waals surface area contributed by atoms with Gasteiger partial charge in [-0.25, -0.2) is 0 Å². The molecule has 1 N–H and O–H groups in total. The van der Waals surface area contributed by atoms with E-state index in [1.165, 1.54) is 0 Å². The Kier molecular flexibility index (Phi) is 3.83. The molecule has 22 heavy (non-hydrogen) atoms. The van der Waals surface area contributed by atoms with Crippen LogP contribution in [0.1, 0.15) is 38.1 Å². The van der Waals surface area contributed by atoms with Crippen molar-refractivity contribution in [2.75, 3.05) is 13.1 Å². The van der Waals surface area contributed by atoms with E-state index in [1.807, 2.05) is 17.0 Å². The van der Waals surface area contributed by atoms with Crippen LogP contribution < -0.4 is 5.32 Å². The minimum Gasteiger partial charge on any atom is -0.472 e. The van der Waals surface area contributed by atoms with Crippen molar-refractivity contribution in [3.8, 4) is 0 Å². The van der Waals surface area contributed by atoms with Crippen LogP contribution in [0.4, 0.5) is 0 Å². The first kappa shape index (κ1) is 14.9. The van der Waals surface area contributed by atoms with Crippen LogP contribution in [0, 0.1) is 0 Å². The van der Waals surface area contributed by atoms with E-state index in [0.29, 0.717) is 13.1 Å². The third-order valence-electron chi connectivity index (χ3n) is 3.99. The molecule has 118 valence electrons. The molecule has 5 nitrogen and oxygen atoms in total. The molecule has 3 heterocycles. The number of carbonyl (C=O) groups is 1. The highest BCUT2D eigenvalue weighted by Gasteiger charge is 2.32. The van der Waals surface area contributed by atoms with Gasteiger partial charge < -0.3 is 19.2 Å². The maximum Gasteiger partial charge on any atom is 0.237 e. The Morgan fingerprint density at radius 1 is 1.36 bits per heavy atom. The normalized spacial score (nSPS) is 18.3. The number of hydrogen-bond acceptors (Lipinski definition) is 3. The van der Waals surface area contributed by atoms with E-state index in [0.717, 1.165) is 17.8 Å². The number of nitrogens with zero attached hydrogens (tertiary/aromatic N) is 2. The van der Waals surface area contributed by atoms with Gasteiger partial charge in [0.15, 0.2) is 0 Å². The van der Waals surface area contributed by atoms with Crippen LogP contribution in [-0.4, -0.2) is 34.0 Å². The van der Waals surface area contributed by atoms with Crippen LogP contribution in [0.3, 0.4) is 0 Å². The number of rotatable bonds is 3. The molecule has 0 saturated heterocycles. The Labute approximate surface area is 130 Å². The Morgan fingerprint density at radius 3 is 2.86 bits per heavy atom. The molecule has 2 aromatic heterocycles. The second-order valence-electron chi connectivity index (χ2n) is 6.78. The van der Waals surface area contributed by atoms with E-state index in [9.17, 15) is 4.79 Å². The molecular weight excluding hydrogens is 278 g/mol. The van der Waals surface area contributed by atoms with E-state index in [-0.39, 0.29) is 17.5 Å². The van der Waals surface area contributed by atoms with Crippen LogP contribution in [0.5, 0.6) is 0 Å². The molecule has 0 aromatic carbocycles. The first-order valence-corrected chi connectivity index (χ1v) is 7.67. The van der Waals surface area contributed by atoms with Crippen molar-refractivity contribution in [1.82, 2.24) is 14.8 Å². The smallest absolute Gasteiger partial charge is 0.237 e. The highest BCUT2D eigenvalue weighted by molar-refractivity contribution is 5.79. The first-order valence-electron chi connectivity index (χ1n) is 7.67. The molecule has 1 aliphatic rings. The fourth-order valence-electron chi connectivity index (χ4n) is 2.88. The van der Waals surface area contributed by atoms with E-state index in [1.54, 1.807) is 12.5 Å². The van der Waals surface area contributed by atoms with Crippen LogP contribution in [0.25, 0.3) is 0 Å². The highest BCUT2D eigenvalue weighted by atomic mass is 16.3. The van der Waals surface area contributed by atoms with Gasteiger partial charge in [-0.1, -0.05) is 0 Å². The van der Waals surface area contributed by atoms with Crippen LogP contribution in [0.15, 0.2) is 41.3 Å². The summed E-state index contributed by atoms with van der Waals surface area (Å²) in [4.78, 5) is 14.6. The highest BCUT2D eigenvalue weighted by Crippen LogP contribution is 2.32. The Morgan fingerprint density at radius 2 is 2.18 bits per heavy atom. The topological polar surface area (TPSA) is 50.4 Å². The molecule has 1 amide bonds. The summed E-state index contributed by atoms with van der Waals surface area (Å²) < 4.78 is 7.45. The van der Waals surface area contributed by atoms with Gasteiger partial charge >= 0.3 is 0 Å². The van der Waals surface area contributed by atoms with Gasteiger partial charge in [0, 0.05) is 36.1 Å². The van der Waals surface area contributed by atoms with E-state index >= 15 is 0 Å². The summed E-state index contributed by atoms with van der Waals surface area (Å²) >= 11 is 0. The number of aromatic nitrogens is 1. The van der Waals surface area contributed by atoms with Crippen molar-refractivity contribution in [3.63, 3.8) is 0 Å². The SMILES string of the molecule is CC(C)(C)NCC(=O)N1CCn2cccc2C1c1ccoc1. The van der Waals surface area contributed by atoms with Gasteiger partial charge in [-0.2, -0.15) is 0 Å². The summed E-state index contributed by atoms with van der Waals surface area (Å²) in [5.41, 5.74) is 2.08. The molecule has 0 aliphatic carbocycles. The van der Waals surface area contributed by atoms with Crippen LogP contribution in [-0.2, 0) is 11.3 Å². The summed E-state index contributed by atoms with van der Waals surface area (Å²) in [5, 5.41) is 3.28. The lowest BCUT2D eigenvalue weighted by Crippen LogP contribution is -2.48. The molecule has 0 fully saturated rings. The zero-order valence-corrected chi connectivity index (χ0v) is 13.4. The van der Waals surface area contributed by atoms with E-state index in [4.69, 9.17) is 4.42 Å². The fraction of sp³-hybridized carbons (Fsp3) is 0.471. The molecule has 1 atom stereocenters. The van der Waals surface area contributed by atoms with Gasteiger partial charge in [0.25, 0.3) is 0 Å². The quantitative estimate of drug-likeness (QED) is 0.947. The molecule has 0 bridgehead atoms. The molecular formula is C17H23N3O2. The van der Waals surface area contributed by atoms with Gasteiger partial charge in [-0.05, 0) is 39.0 Å². The summed E-state index contributed by atoms with van der Waals surface area (Å²) in [7, 11) is 0. The third kappa shape index (κ3) is 2.95. The lowest BCUT2D eigenvalue weighted by molar-refractivity contribution is -0.133. The predicted octanol–water partition coefficient (Wildman–Crippen LogP) is 2.40. The molecule has 0 radical (unpaired) electrons. The molecule has 2 aromatic rings. The fourth-order valence-corrected chi connectivity index (χ4v) is 2.88. The average molecular weight is 301 g/mol. The molecule has 0 saturated carbocycles.